The summed E-state index contributed by atoms with van der Waals surface area (Å²) in [5.74, 6) is -1.86. The van der Waals surface area contributed by atoms with Gasteiger partial charge in [-0.1, -0.05) is 42.5 Å². The van der Waals surface area contributed by atoms with Crippen molar-refractivity contribution in [1.29, 1.82) is 0 Å². The lowest BCUT2D eigenvalue weighted by molar-refractivity contribution is -0.155. The number of nitrogens with one attached hydrogen (secondary N) is 3. The van der Waals surface area contributed by atoms with E-state index in [2.05, 4.69) is 16.0 Å². The monoisotopic (exact) mass is 399 g/mol. The molecular formula is C20H21N3O6. The summed E-state index contributed by atoms with van der Waals surface area (Å²) >= 11 is 0. The summed E-state index contributed by atoms with van der Waals surface area (Å²) in [6, 6.07) is 14.0. The molecule has 3 N–H and O–H groups in total. The molecule has 0 radical (unpaired) electrons. The first-order valence-electron chi connectivity index (χ1n) is 8.64. The average Bonchev–Trinajstić information content (AvgIpc) is 2.76. The lowest BCUT2D eigenvalue weighted by Gasteiger charge is -2.17. The van der Waals surface area contributed by atoms with Gasteiger partial charge in [0.15, 0.2) is 0 Å². The minimum Gasteiger partial charge on any atom is -0.496 e. The Morgan fingerprint density at radius 3 is 2.28 bits per heavy atom. The number of methoxy groups -OCH3 is 1. The molecule has 1 atom stereocenters. The number of benzene rings is 2. The van der Waals surface area contributed by atoms with Crippen molar-refractivity contribution in [3.05, 3.63) is 65.7 Å². The van der Waals surface area contributed by atoms with Crippen LogP contribution in [0.4, 0.5) is 4.79 Å². The van der Waals surface area contributed by atoms with Crippen molar-refractivity contribution in [3.8, 4) is 5.75 Å². The van der Waals surface area contributed by atoms with Gasteiger partial charge in [-0.2, -0.15) is 0 Å². The fourth-order valence-electron chi connectivity index (χ4n) is 2.39. The number of carbonyl (C=O) groups excluding carboxylic acids is 4. The van der Waals surface area contributed by atoms with Crippen LogP contribution in [0.15, 0.2) is 54.6 Å². The topological polar surface area (TPSA) is 123 Å². The Kier molecular flexibility index (Phi) is 7.72. The van der Waals surface area contributed by atoms with Crippen LogP contribution in [-0.2, 0) is 14.3 Å². The molecule has 152 valence electrons. The second-order valence-electron chi connectivity index (χ2n) is 5.73. The van der Waals surface area contributed by atoms with Gasteiger partial charge in [-0.25, -0.2) is 4.79 Å². The van der Waals surface area contributed by atoms with E-state index in [0.717, 1.165) is 0 Å². The zero-order valence-electron chi connectivity index (χ0n) is 15.9. The number of hydrogen-bond acceptors (Lipinski definition) is 6. The predicted molar refractivity (Wildman–Crippen MR) is 103 cm³/mol. The molecule has 29 heavy (non-hydrogen) atoms. The molecule has 0 heterocycles. The van der Waals surface area contributed by atoms with E-state index >= 15 is 0 Å². The van der Waals surface area contributed by atoms with E-state index in [4.69, 9.17) is 9.47 Å². The highest BCUT2D eigenvalue weighted by Crippen LogP contribution is 2.18. The number of esters is 1. The van der Waals surface area contributed by atoms with Crippen LogP contribution in [0, 0.1) is 0 Å². The molecule has 0 saturated carbocycles. The second kappa shape index (κ2) is 10.5. The number of ether oxygens (including phenoxy) is 2. The van der Waals surface area contributed by atoms with E-state index < -0.39 is 36.5 Å². The molecule has 2 rings (SSSR count). The van der Waals surface area contributed by atoms with Crippen molar-refractivity contribution in [2.24, 2.45) is 0 Å². The summed E-state index contributed by atoms with van der Waals surface area (Å²) in [6.07, 6.45) is -1.36. The van der Waals surface area contributed by atoms with Crippen molar-refractivity contribution in [1.82, 2.24) is 16.0 Å². The SMILES string of the molecule is CNC(=O)NC(=O)[C@H](OC(=O)CNC(=O)c1ccccc1OC)c1ccccc1. The van der Waals surface area contributed by atoms with Crippen LogP contribution in [-0.4, -0.2) is 44.5 Å². The van der Waals surface area contributed by atoms with E-state index in [1.807, 2.05) is 0 Å². The summed E-state index contributed by atoms with van der Waals surface area (Å²) in [5, 5.41) is 6.73. The van der Waals surface area contributed by atoms with Crippen molar-refractivity contribution >= 4 is 23.8 Å². The number of hydrogen-bond donors (Lipinski definition) is 3. The molecule has 0 unspecified atom stereocenters. The van der Waals surface area contributed by atoms with Gasteiger partial charge in [0.05, 0.1) is 12.7 Å². The summed E-state index contributed by atoms with van der Waals surface area (Å²) < 4.78 is 10.3. The minimum atomic E-state index is -1.36. The molecule has 9 heteroatoms. The van der Waals surface area contributed by atoms with Crippen molar-refractivity contribution in [2.75, 3.05) is 20.7 Å². The molecular weight excluding hydrogens is 378 g/mol. The van der Waals surface area contributed by atoms with Crippen molar-refractivity contribution in [3.63, 3.8) is 0 Å². The number of imide groups is 1. The molecule has 0 bridgehead atoms. The summed E-state index contributed by atoms with van der Waals surface area (Å²) in [5.41, 5.74) is 0.623. The number of amides is 4. The highest BCUT2D eigenvalue weighted by atomic mass is 16.5. The van der Waals surface area contributed by atoms with Gasteiger partial charge < -0.3 is 20.1 Å². The van der Waals surface area contributed by atoms with E-state index in [1.165, 1.54) is 14.2 Å². The minimum absolute atomic E-state index is 0.250. The zero-order valence-corrected chi connectivity index (χ0v) is 15.9. The van der Waals surface area contributed by atoms with Gasteiger partial charge in [-0.15, -0.1) is 0 Å². The Labute approximate surface area is 167 Å². The summed E-state index contributed by atoms with van der Waals surface area (Å²) in [6.45, 7) is -0.479. The van der Waals surface area contributed by atoms with Gasteiger partial charge in [0.1, 0.15) is 12.3 Å². The third-order valence-corrected chi connectivity index (χ3v) is 3.80. The predicted octanol–water partition coefficient (Wildman–Crippen LogP) is 1.17. The van der Waals surface area contributed by atoms with Crippen LogP contribution in [0.2, 0.25) is 0 Å². The lowest BCUT2D eigenvalue weighted by Crippen LogP contribution is -2.42. The smallest absolute Gasteiger partial charge is 0.326 e. The highest BCUT2D eigenvalue weighted by Gasteiger charge is 2.26. The Morgan fingerprint density at radius 2 is 1.62 bits per heavy atom. The number of carbonyl (C=O) groups is 4. The van der Waals surface area contributed by atoms with Crippen LogP contribution in [0.5, 0.6) is 5.75 Å². The molecule has 0 saturated heterocycles. The van der Waals surface area contributed by atoms with E-state index in [9.17, 15) is 19.2 Å². The van der Waals surface area contributed by atoms with Crippen LogP contribution in [0.25, 0.3) is 0 Å². The third kappa shape index (κ3) is 6.06. The molecule has 9 nitrogen and oxygen atoms in total. The Bertz CT molecular complexity index is 885. The maximum absolute atomic E-state index is 12.3. The third-order valence-electron chi connectivity index (χ3n) is 3.80. The second-order valence-corrected chi connectivity index (χ2v) is 5.73. The molecule has 0 aliphatic heterocycles. The zero-order chi connectivity index (χ0) is 21.2. The van der Waals surface area contributed by atoms with Gasteiger partial charge in [0.25, 0.3) is 11.8 Å². The first-order valence-corrected chi connectivity index (χ1v) is 8.64. The van der Waals surface area contributed by atoms with Crippen molar-refractivity contribution < 1.29 is 28.7 Å². The fraction of sp³-hybridized carbons (Fsp3) is 0.200. The molecule has 0 aromatic heterocycles. The van der Waals surface area contributed by atoms with E-state index in [0.29, 0.717) is 11.3 Å². The maximum atomic E-state index is 12.3. The van der Waals surface area contributed by atoms with Crippen LogP contribution in [0.1, 0.15) is 22.0 Å². The Hall–Kier alpha value is -3.88. The van der Waals surface area contributed by atoms with E-state index in [-0.39, 0.29) is 5.56 Å². The van der Waals surface area contributed by atoms with Gasteiger partial charge in [0.2, 0.25) is 6.10 Å². The number of rotatable bonds is 7. The quantitative estimate of drug-likeness (QED) is 0.601. The number of urea groups is 1. The van der Waals surface area contributed by atoms with Gasteiger partial charge >= 0.3 is 12.0 Å². The van der Waals surface area contributed by atoms with Crippen LogP contribution < -0.4 is 20.7 Å². The van der Waals surface area contributed by atoms with E-state index in [1.54, 1.807) is 54.6 Å². The molecule has 2 aromatic rings. The fourth-order valence-corrected chi connectivity index (χ4v) is 2.39. The number of para-hydroxylation sites is 1. The normalized spacial score (nSPS) is 11.0. The largest absolute Gasteiger partial charge is 0.496 e. The first-order chi connectivity index (χ1) is 14.0. The van der Waals surface area contributed by atoms with Crippen molar-refractivity contribution in [2.45, 2.75) is 6.10 Å². The van der Waals surface area contributed by atoms with Gasteiger partial charge in [0, 0.05) is 12.6 Å². The summed E-state index contributed by atoms with van der Waals surface area (Å²) in [7, 11) is 2.77. The van der Waals surface area contributed by atoms with Crippen LogP contribution >= 0.6 is 0 Å². The van der Waals surface area contributed by atoms with Gasteiger partial charge in [-0.05, 0) is 12.1 Å². The average molecular weight is 399 g/mol. The molecule has 0 aliphatic rings. The van der Waals surface area contributed by atoms with Crippen LogP contribution in [0.3, 0.4) is 0 Å². The molecule has 0 aliphatic carbocycles. The molecule has 0 fully saturated rings. The Morgan fingerprint density at radius 1 is 0.966 bits per heavy atom. The lowest BCUT2D eigenvalue weighted by atomic mass is 10.1. The molecule has 0 spiro atoms. The Balaban J connectivity index is 2.05. The standard InChI is InChI=1S/C20H21N3O6/c1-21-20(27)23-19(26)17(13-8-4-3-5-9-13)29-16(24)12-22-18(25)14-10-6-7-11-15(14)28-2/h3-11,17H,12H2,1-2H3,(H,22,25)(H2,21,23,26,27)/t17-/m1/s1. The summed E-state index contributed by atoms with van der Waals surface area (Å²) in [4.78, 5) is 48.3. The maximum Gasteiger partial charge on any atom is 0.326 e. The molecule has 4 amide bonds. The first kappa shape index (κ1) is 21.4. The molecule has 2 aromatic carbocycles. The highest BCUT2D eigenvalue weighted by molar-refractivity contribution is 5.99. The van der Waals surface area contributed by atoms with Gasteiger partial charge in [-0.3, -0.25) is 19.7 Å².